The molecule has 0 aliphatic heterocycles. The summed E-state index contributed by atoms with van der Waals surface area (Å²) in [6, 6.07) is 16.4. The zero-order valence-electron chi connectivity index (χ0n) is 19.1. The van der Waals surface area contributed by atoms with Crippen LogP contribution in [-0.2, 0) is 19.6 Å². The predicted octanol–water partition coefficient (Wildman–Crippen LogP) is 3.98. The first-order valence-corrected chi connectivity index (χ1v) is 12.0. The van der Waals surface area contributed by atoms with Crippen molar-refractivity contribution in [2.75, 3.05) is 37.5 Å². The minimum absolute atomic E-state index is 0.0530. The summed E-state index contributed by atoms with van der Waals surface area (Å²) in [6.45, 7) is -0.604. The van der Waals surface area contributed by atoms with Crippen LogP contribution in [0.3, 0.4) is 0 Å². The molecule has 0 saturated heterocycles. The lowest BCUT2D eigenvalue weighted by Crippen LogP contribution is -2.38. The summed E-state index contributed by atoms with van der Waals surface area (Å²) in [5.74, 6) is -0.583. The van der Waals surface area contributed by atoms with Gasteiger partial charge in [-0.2, -0.15) is 0 Å². The van der Waals surface area contributed by atoms with Gasteiger partial charge in [0.1, 0.15) is 18.0 Å². The highest BCUT2D eigenvalue weighted by atomic mass is 35.5. The Kier molecular flexibility index (Phi) is 8.21. The highest BCUT2D eigenvalue weighted by Crippen LogP contribution is 2.33. The van der Waals surface area contributed by atoms with Crippen LogP contribution in [0.1, 0.15) is 10.4 Å². The van der Waals surface area contributed by atoms with E-state index in [0.29, 0.717) is 5.75 Å². The number of ether oxygens (including phenoxy) is 3. The summed E-state index contributed by atoms with van der Waals surface area (Å²) in [7, 11) is -0.113. The second-order valence-electron chi connectivity index (χ2n) is 7.09. The number of nitrogens with zero attached hydrogens (tertiary/aromatic N) is 1. The number of anilines is 2. The van der Waals surface area contributed by atoms with E-state index < -0.39 is 28.4 Å². The maximum atomic E-state index is 13.6. The molecule has 1 N–H and O–H groups in total. The lowest BCUT2D eigenvalue weighted by Gasteiger charge is -2.25. The Morgan fingerprint density at radius 2 is 1.63 bits per heavy atom. The number of methoxy groups -OCH3 is 3. The fraction of sp³-hybridized carbons (Fsp3) is 0.167. The number of rotatable bonds is 9. The molecule has 0 atom stereocenters. The van der Waals surface area contributed by atoms with Crippen molar-refractivity contribution in [2.45, 2.75) is 4.90 Å². The summed E-state index contributed by atoms with van der Waals surface area (Å²) in [6.07, 6.45) is 0. The van der Waals surface area contributed by atoms with Crippen molar-refractivity contribution >= 4 is 44.9 Å². The molecule has 3 aromatic carbocycles. The molecule has 3 rings (SSSR count). The highest BCUT2D eigenvalue weighted by Gasteiger charge is 2.29. The maximum absolute atomic E-state index is 13.6. The number of hydrogen-bond acceptors (Lipinski definition) is 7. The Morgan fingerprint density at radius 1 is 0.943 bits per heavy atom. The highest BCUT2D eigenvalue weighted by molar-refractivity contribution is 7.92. The van der Waals surface area contributed by atoms with E-state index >= 15 is 0 Å². The average Bonchev–Trinajstić information content (AvgIpc) is 2.88. The van der Waals surface area contributed by atoms with Crippen molar-refractivity contribution in [3.8, 4) is 11.5 Å². The lowest BCUT2D eigenvalue weighted by atomic mass is 10.2. The third-order valence-electron chi connectivity index (χ3n) is 4.95. The van der Waals surface area contributed by atoms with E-state index in [1.807, 2.05) is 0 Å². The van der Waals surface area contributed by atoms with Gasteiger partial charge in [-0.3, -0.25) is 9.10 Å². The van der Waals surface area contributed by atoms with Crippen LogP contribution in [0, 0.1) is 0 Å². The van der Waals surface area contributed by atoms with E-state index in [9.17, 15) is 18.0 Å². The molecule has 35 heavy (non-hydrogen) atoms. The van der Waals surface area contributed by atoms with Crippen LogP contribution in [0.5, 0.6) is 11.5 Å². The van der Waals surface area contributed by atoms with Gasteiger partial charge in [0.15, 0.2) is 0 Å². The van der Waals surface area contributed by atoms with Crippen molar-refractivity contribution in [2.24, 2.45) is 0 Å². The molecule has 184 valence electrons. The third-order valence-corrected chi connectivity index (χ3v) is 7.05. The SMILES string of the molecule is COC(=O)c1ccc(Cl)c(NC(=O)CN(c2ccccc2OC)S(=O)(=O)c2ccc(OC)cc2)c1. The Balaban J connectivity index is 1.99. The maximum Gasteiger partial charge on any atom is 0.337 e. The standard InChI is InChI=1S/C24H23ClN2O7S/c1-32-17-9-11-18(12-10-17)35(30,31)27(21-6-4-5-7-22(21)33-2)15-23(28)26-20-14-16(24(29)34-3)8-13-19(20)25/h4-14H,15H2,1-3H3,(H,26,28). The van der Waals surface area contributed by atoms with Gasteiger partial charge in [-0.25, -0.2) is 13.2 Å². The number of hydrogen-bond donors (Lipinski definition) is 1. The van der Waals surface area contributed by atoms with Crippen LogP contribution in [0.2, 0.25) is 5.02 Å². The molecule has 1 amide bonds. The van der Waals surface area contributed by atoms with Gasteiger partial charge in [-0.1, -0.05) is 23.7 Å². The number of nitrogens with one attached hydrogen (secondary N) is 1. The van der Waals surface area contributed by atoms with Crippen LogP contribution in [0.25, 0.3) is 0 Å². The van der Waals surface area contributed by atoms with Gasteiger partial charge >= 0.3 is 5.97 Å². The first kappa shape index (κ1) is 25.9. The van der Waals surface area contributed by atoms with Gasteiger partial charge in [-0.05, 0) is 54.6 Å². The molecule has 0 aromatic heterocycles. The van der Waals surface area contributed by atoms with Crippen molar-refractivity contribution in [1.82, 2.24) is 0 Å². The molecule has 0 unspecified atom stereocenters. The second kappa shape index (κ2) is 11.1. The molecule has 0 bridgehead atoms. The number of benzene rings is 3. The van der Waals surface area contributed by atoms with Crippen LogP contribution >= 0.6 is 11.6 Å². The normalized spacial score (nSPS) is 10.9. The second-order valence-corrected chi connectivity index (χ2v) is 9.36. The van der Waals surface area contributed by atoms with E-state index in [1.54, 1.807) is 18.2 Å². The Hall–Kier alpha value is -3.76. The molecule has 0 radical (unpaired) electrons. The summed E-state index contributed by atoms with van der Waals surface area (Å²) in [5, 5.41) is 2.72. The van der Waals surface area contributed by atoms with Gasteiger partial charge in [-0.15, -0.1) is 0 Å². The van der Waals surface area contributed by atoms with Gasteiger partial charge in [0.2, 0.25) is 5.91 Å². The number of halogens is 1. The van der Waals surface area contributed by atoms with Crippen molar-refractivity contribution < 1.29 is 32.2 Å². The third kappa shape index (κ3) is 5.84. The summed E-state index contributed by atoms with van der Waals surface area (Å²) < 4.78 is 43.3. The zero-order chi connectivity index (χ0) is 25.6. The van der Waals surface area contributed by atoms with Crippen LogP contribution in [0.4, 0.5) is 11.4 Å². The van der Waals surface area contributed by atoms with Crippen LogP contribution in [0.15, 0.2) is 71.6 Å². The topological polar surface area (TPSA) is 111 Å². The monoisotopic (exact) mass is 518 g/mol. The molecule has 0 heterocycles. The van der Waals surface area contributed by atoms with Crippen molar-refractivity contribution in [1.29, 1.82) is 0 Å². The first-order chi connectivity index (χ1) is 16.7. The van der Waals surface area contributed by atoms with Crippen LogP contribution in [-0.4, -0.2) is 48.2 Å². The molecular weight excluding hydrogens is 496 g/mol. The van der Waals surface area contributed by atoms with E-state index in [1.165, 1.54) is 69.9 Å². The van der Waals surface area contributed by atoms with Gasteiger partial charge in [0.25, 0.3) is 10.0 Å². The molecule has 3 aromatic rings. The van der Waals surface area contributed by atoms with E-state index in [0.717, 1.165) is 4.31 Å². The molecule has 0 saturated carbocycles. The summed E-state index contributed by atoms with van der Waals surface area (Å²) in [4.78, 5) is 24.8. The van der Waals surface area contributed by atoms with Crippen LogP contribution < -0.4 is 19.1 Å². The number of sulfonamides is 1. The van der Waals surface area contributed by atoms with Crippen molar-refractivity contribution in [3.63, 3.8) is 0 Å². The minimum atomic E-state index is -4.20. The zero-order valence-corrected chi connectivity index (χ0v) is 20.7. The Labute approximate surface area is 208 Å². The molecule has 11 heteroatoms. The Morgan fingerprint density at radius 3 is 2.26 bits per heavy atom. The van der Waals surface area contributed by atoms with Gasteiger partial charge in [0.05, 0.1) is 48.2 Å². The Bertz CT molecular complexity index is 1330. The number of esters is 1. The first-order valence-electron chi connectivity index (χ1n) is 10.2. The minimum Gasteiger partial charge on any atom is -0.497 e. The van der Waals surface area contributed by atoms with E-state index in [-0.39, 0.29) is 32.6 Å². The van der Waals surface area contributed by atoms with Gasteiger partial charge in [0, 0.05) is 0 Å². The molecule has 0 aliphatic carbocycles. The number of carbonyl (C=O) groups is 2. The largest absolute Gasteiger partial charge is 0.497 e. The molecule has 0 spiro atoms. The number of amides is 1. The fourth-order valence-corrected chi connectivity index (χ4v) is 4.79. The number of para-hydroxylation sites is 2. The molecule has 9 nitrogen and oxygen atoms in total. The summed E-state index contributed by atoms with van der Waals surface area (Å²) in [5.41, 5.74) is 0.455. The van der Waals surface area contributed by atoms with Crippen molar-refractivity contribution in [3.05, 3.63) is 77.3 Å². The summed E-state index contributed by atoms with van der Waals surface area (Å²) >= 11 is 6.17. The molecule has 0 fully saturated rings. The molecular formula is C24H23ClN2O7S. The average molecular weight is 519 g/mol. The number of carbonyl (C=O) groups excluding carboxylic acids is 2. The lowest BCUT2D eigenvalue weighted by molar-refractivity contribution is -0.114. The van der Waals surface area contributed by atoms with E-state index in [4.69, 9.17) is 21.1 Å². The predicted molar refractivity (Wildman–Crippen MR) is 132 cm³/mol. The quantitative estimate of drug-likeness (QED) is 0.426. The van der Waals surface area contributed by atoms with Gasteiger partial charge < -0.3 is 19.5 Å². The smallest absolute Gasteiger partial charge is 0.337 e. The molecule has 0 aliphatic rings. The van der Waals surface area contributed by atoms with E-state index in [2.05, 4.69) is 10.1 Å². The fourth-order valence-electron chi connectivity index (χ4n) is 3.20.